The van der Waals surface area contributed by atoms with Crippen molar-refractivity contribution < 1.29 is 14.3 Å². The molecule has 6 nitrogen and oxygen atoms in total. The van der Waals surface area contributed by atoms with Crippen LogP contribution in [0.15, 0.2) is 36.4 Å². The highest BCUT2D eigenvalue weighted by molar-refractivity contribution is 5.96. The van der Waals surface area contributed by atoms with E-state index in [1.807, 2.05) is 24.0 Å². The molecule has 0 radical (unpaired) electrons. The Morgan fingerprint density at radius 1 is 1.03 bits per heavy atom. The Morgan fingerprint density at radius 3 is 2.34 bits per heavy atom. The molecule has 1 aromatic carbocycles. The van der Waals surface area contributed by atoms with Crippen LogP contribution in [0.5, 0.6) is 5.75 Å². The van der Waals surface area contributed by atoms with E-state index < -0.39 is 0 Å². The summed E-state index contributed by atoms with van der Waals surface area (Å²) >= 11 is 0. The predicted octanol–water partition coefficient (Wildman–Crippen LogP) is 3.31. The van der Waals surface area contributed by atoms with Crippen LogP contribution in [-0.4, -0.2) is 47.9 Å². The summed E-state index contributed by atoms with van der Waals surface area (Å²) in [6, 6.07) is 11.3. The number of rotatable bonds is 5. The molecule has 2 aromatic rings. The minimum Gasteiger partial charge on any atom is -0.497 e. The number of aryl methyl sites for hydroxylation is 1. The number of likely N-dealkylation sites (tertiary alicyclic amines) is 1. The fraction of sp³-hybridized carbons (Fsp3) is 0.435. The first-order chi connectivity index (χ1) is 14.0. The maximum Gasteiger partial charge on any atom is 0.253 e. The molecule has 2 aliphatic rings. The van der Waals surface area contributed by atoms with Crippen LogP contribution in [0, 0.1) is 6.92 Å². The number of ether oxygens (including phenoxy) is 1. The Hall–Kier alpha value is -2.89. The van der Waals surface area contributed by atoms with E-state index in [1.165, 1.54) is 0 Å². The van der Waals surface area contributed by atoms with E-state index in [-0.39, 0.29) is 17.7 Å². The lowest BCUT2D eigenvalue weighted by atomic mass is 9.89. The zero-order chi connectivity index (χ0) is 20.4. The predicted molar refractivity (Wildman–Crippen MR) is 110 cm³/mol. The Morgan fingerprint density at radius 2 is 1.72 bits per heavy atom. The van der Waals surface area contributed by atoms with Gasteiger partial charge in [0.2, 0.25) is 0 Å². The fourth-order valence-corrected chi connectivity index (χ4v) is 3.84. The molecule has 0 unspecified atom stereocenters. The molecule has 4 rings (SSSR count). The molecule has 1 aliphatic heterocycles. The molecule has 29 heavy (non-hydrogen) atoms. The number of nitrogens with zero attached hydrogens (tertiary/aromatic N) is 2. The third-order valence-corrected chi connectivity index (χ3v) is 5.73. The summed E-state index contributed by atoms with van der Waals surface area (Å²) in [6.45, 7) is 3.28. The molecule has 2 fully saturated rings. The summed E-state index contributed by atoms with van der Waals surface area (Å²) in [6.07, 6.45) is 3.74. The Bertz CT molecular complexity index is 898. The van der Waals surface area contributed by atoms with Gasteiger partial charge in [-0.25, -0.2) is 0 Å². The second-order valence-electron chi connectivity index (χ2n) is 7.93. The molecule has 1 aliphatic carbocycles. The number of piperidine rings is 1. The van der Waals surface area contributed by atoms with E-state index in [2.05, 4.69) is 5.32 Å². The Kier molecular flexibility index (Phi) is 5.51. The van der Waals surface area contributed by atoms with Crippen LogP contribution in [0.3, 0.4) is 0 Å². The van der Waals surface area contributed by atoms with Gasteiger partial charge in [0, 0.05) is 36.3 Å². The van der Waals surface area contributed by atoms with Crippen molar-refractivity contribution in [2.24, 2.45) is 0 Å². The highest BCUT2D eigenvalue weighted by Gasteiger charge is 2.30. The van der Waals surface area contributed by atoms with Gasteiger partial charge in [-0.1, -0.05) is 0 Å². The second kappa shape index (κ2) is 8.23. The SMILES string of the molecule is COc1ccc(C(=O)N2CCC(c3nc(C)ccc3C(=O)NC3CC3)CC2)cc1. The van der Waals surface area contributed by atoms with Crippen molar-refractivity contribution in [2.75, 3.05) is 20.2 Å². The van der Waals surface area contributed by atoms with Crippen LogP contribution in [0.25, 0.3) is 0 Å². The van der Waals surface area contributed by atoms with E-state index in [9.17, 15) is 9.59 Å². The highest BCUT2D eigenvalue weighted by Crippen LogP contribution is 2.31. The minimum atomic E-state index is -0.0215. The van der Waals surface area contributed by atoms with Gasteiger partial charge in [-0.3, -0.25) is 14.6 Å². The zero-order valence-electron chi connectivity index (χ0n) is 17.0. The van der Waals surface area contributed by atoms with Crippen LogP contribution in [0.1, 0.15) is 63.7 Å². The van der Waals surface area contributed by atoms with Crippen molar-refractivity contribution >= 4 is 11.8 Å². The molecular weight excluding hydrogens is 366 g/mol. The molecule has 2 heterocycles. The normalized spacial score (nSPS) is 17.1. The maximum absolute atomic E-state index is 12.8. The first kappa shape index (κ1) is 19.4. The first-order valence-corrected chi connectivity index (χ1v) is 10.3. The third kappa shape index (κ3) is 4.42. The van der Waals surface area contributed by atoms with Crippen LogP contribution < -0.4 is 10.1 Å². The quantitative estimate of drug-likeness (QED) is 0.846. The molecule has 0 spiro atoms. The Balaban J connectivity index is 1.44. The average Bonchev–Trinajstić information content (AvgIpc) is 3.57. The highest BCUT2D eigenvalue weighted by atomic mass is 16.5. The summed E-state index contributed by atoms with van der Waals surface area (Å²) in [5, 5.41) is 3.07. The van der Waals surface area contributed by atoms with Gasteiger partial charge in [0.15, 0.2) is 0 Å². The van der Waals surface area contributed by atoms with E-state index in [0.29, 0.717) is 30.3 Å². The molecule has 0 atom stereocenters. The molecule has 0 bridgehead atoms. The molecule has 1 N–H and O–H groups in total. The monoisotopic (exact) mass is 393 g/mol. The smallest absolute Gasteiger partial charge is 0.253 e. The maximum atomic E-state index is 12.8. The Labute approximate surface area is 171 Å². The van der Waals surface area contributed by atoms with Crippen LogP contribution in [0.2, 0.25) is 0 Å². The number of hydrogen-bond acceptors (Lipinski definition) is 4. The lowest BCUT2D eigenvalue weighted by molar-refractivity contribution is 0.0710. The van der Waals surface area contributed by atoms with E-state index in [1.54, 1.807) is 31.4 Å². The minimum absolute atomic E-state index is 0.0215. The molecule has 2 amide bonds. The van der Waals surface area contributed by atoms with Crippen molar-refractivity contribution in [2.45, 2.75) is 44.6 Å². The van der Waals surface area contributed by atoms with Crippen LogP contribution >= 0.6 is 0 Å². The van der Waals surface area contributed by atoms with Gasteiger partial charge in [-0.15, -0.1) is 0 Å². The summed E-state index contributed by atoms with van der Waals surface area (Å²) in [7, 11) is 1.61. The van der Waals surface area contributed by atoms with Crippen molar-refractivity contribution in [1.82, 2.24) is 15.2 Å². The van der Waals surface area contributed by atoms with Crippen molar-refractivity contribution in [3.8, 4) is 5.75 Å². The van der Waals surface area contributed by atoms with Crippen molar-refractivity contribution in [1.29, 1.82) is 0 Å². The largest absolute Gasteiger partial charge is 0.497 e. The first-order valence-electron chi connectivity index (χ1n) is 10.3. The molecule has 1 saturated carbocycles. The van der Waals surface area contributed by atoms with E-state index in [4.69, 9.17) is 9.72 Å². The number of carbonyl (C=O) groups is 2. The summed E-state index contributed by atoms with van der Waals surface area (Å²) in [5.74, 6) is 0.944. The van der Waals surface area contributed by atoms with Crippen molar-refractivity contribution in [3.05, 3.63) is 58.9 Å². The number of benzene rings is 1. The van der Waals surface area contributed by atoms with Gasteiger partial charge in [0.05, 0.1) is 18.4 Å². The topological polar surface area (TPSA) is 71.5 Å². The average molecular weight is 393 g/mol. The number of carbonyl (C=O) groups excluding carboxylic acids is 2. The second-order valence-corrected chi connectivity index (χ2v) is 7.93. The number of amides is 2. The standard InChI is InChI=1S/C23H27N3O3/c1-15-3-10-20(22(27)25-18-6-7-18)21(24-15)16-11-13-26(14-12-16)23(28)17-4-8-19(29-2)9-5-17/h3-5,8-10,16,18H,6-7,11-14H2,1-2H3,(H,25,27). The van der Waals surface area contributed by atoms with Gasteiger partial charge in [0.25, 0.3) is 11.8 Å². The molecule has 1 saturated heterocycles. The number of methoxy groups -OCH3 is 1. The van der Waals surface area contributed by atoms with Crippen LogP contribution in [0.4, 0.5) is 0 Å². The molecular formula is C23H27N3O3. The van der Waals surface area contributed by atoms with Crippen LogP contribution in [-0.2, 0) is 0 Å². The van der Waals surface area contributed by atoms with E-state index in [0.717, 1.165) is 42.8 Å². The van der Waals surface area contributed by atoms with Gasteiger partial charge >= 0.3 is 0 Å². The molecule has 152 valence electrons. The number of pyridine rings is 1. The lowest BCUT2D eigenvalue weighted by Gasteiger charge is -2.32. The number of aromatic nitrogens is 1. The summed E-state index contributed by atoms with van der Waals surface area (Å²) < 4.78 is 5.16. The number of nitrogens with one attached hydrogen (secondary N) is 1. The van der Waals surface area contributed by atoms with Gasteiger partial charge in [-0.2, -0.15) is 0 Å². The van der Waals surface area contributed by atoms with Gasteiger partial charge < -0.3 is 15.0 Å². The van der Waals surface area contributed by atoms with Gasteiger partial charge in [-0.05, 0) is 69.0 Å². The lowest BCUT2D eigenvalue weighted by Crippen LogP contribution is -2.38. The molecule has 1 aromatic heterocycles. The fourth-order valence-electron chi connectivity index (χ4n) is 3.84. The molecule has 6 heteroatoms. The van der Waals surface area contributed by atoms with Crippen molar-refractivity contribution in [3.63, 3.8) is 0 Å². The zero-order valence-corrected chi connectivity index (χ0v) is 17.0. The third-order valence-electron chi connectivity index (χ3n) is 5.73. The van der Waals surface area contributed by atoms with E-state index >= 15 is 0 Å². The van der Waals surface area contributed by atoms with Gasteiger partial charge in [0.1, 0.15) is 5.75 Å². The summed E-state index contributed by atoms with van der Waals surface area (Å²) in [5.41, 5.74) is 3.14. The summed E-state index contributed by atoms with van der Waals surface area (Å²) in [4.78, 5) is 32.1. The number of hydrogen-bond donors (Lipinski definition) is 1.